The van der Waals surface area contributed by atoms with Gasteiger partial charge >= 0.3 is 0 Å². The Morgan fingerprint density at radius 1 is 1.10 bits per heavy atom. The highest BCUT2D eigenvalue weighted by molar-refractivity contribution is 7.14. The smallest absolute Gasteiger partial charge is 0.273 e. The van der Waals surface area contributed by atoms with Crippen LogP contribution in [0, 0.1) is 0 Å². The summed E-state index contributed by atoms with van der Waals surface area (Å²) < 4.78 is 0. The van der Waals surface area contributed by atoms with Crippen molar-refractivity contribution in [3.63, 3.8) is 0 Å². The number of anilines is 2. The molecule has 0 radical (unpaired) electrons. The molecule has 1 atom stereocenters. The molecular formula is C21H16Cl3N3O3S. The Labute approximate surface area is 197 Å². The lowest BCUT2D eigenvalue weighted by molar-refractivity contribution is 0.0759. The maximum atomic E-state index is 13.4. The van der Waals surface area contributed by atoms with E-state index in [9.17, 15) is 14.7 Å². The van der Waals surface area contributed by atoms with E-state index in [-0.39, 0.29) is 28.7 Å². The lowest BCUT2D eigenvalue weighted by Crippen LogP contribution is -2.30. The number of halogens is 3. The van der Waals surface area contributed by atoms with Crippen molar-refractivity contribution in [3.05, 3.63) is 74.2 Å². The van der Waals surface area contributed by atoms with E-state index in [1.165, 1.54) is 11.0 Å². The fraction of sp³-hybridized carbons (Fsp3) is 0.190. The molecule has 0 aliphatic carbocycles. The number of amides is 2. The molecule has 0 spiro atoms. The zero-order chi connectivity index (χ0) is 22.1. The largest absolute Gasteiger partial charge is 0.391 e. The number of likely N-dealkylation sites (tertiary alicyclic amines) is 1. The van der Waals surface area contributed by atoms with Crippen LogP contribution in [0.1, 0.15) is 27.3 Å². The summed E-state index contributed by atoms with van der Waals surface area (Å²) in [5.74, 6) is -0.707. The van der Waals surface area contributed by atoms with E-state index < -0.39 is 12.0 Å². The molecular weight excluding hydrogens is 481 g/mol. The van der Waals surface area contributed by atoms with Crippen LogP contribution in [-0.2, 0) is 0 Å². The molecule has 1 N–H and O–H groups in total. The first-order valence-corrected chi connectivity index (χ1v) is 11.3. The van der Waals surface area contributed by atoms with Crippen molar-refractivity contribution in [2.45, 2.75) is 12.5 Å². The summed E-state index contributed by atoms with van der Waals surface area (Å²) >= 11 is 19.4. The summed E-state index contributed by atoms with van der Waals surface area (Å²) in [5, 5.41) is 12.7. The summed E-state index contributed by atoms with van der Waals surface area (Å²) in [4.78, 5) is 33.5. The molecule has 1 fully saturated rings. The van der Waals surface area contributed by atoms with E-state index in [2.05, 4.69) is 4.98 Å². The summed E-state index contributed by atoms with van der Waals surface area (Å²) in [6, 6.07) is 11.3. The molecule has 10 heteroatoms. The standard InChI is InChI=1S/C21H16Cl3N3O3S/c22-12-1-4-14(5-2-12)27(19(29)16-6-3-13(23)9-17(16)24)21-25-18(11-31-21)20(30)26-8-7-15(28)10-26/h1-6,9,11,15,28H,7-8,10H2/t15-/m1/s1. The molecule has 0 saturated carbocycles. The molecule has 1 aromatic heterocycles. The predicted molar refractivity (Wildman–Crippen MR) is 123 cm³/mol. The van der Waals surface area contributed by atoms with Crippen molar-refractivity contribution in [3.8, 4) is 0 Å². The quantitative estimate of drug-likeness (QED) is 0.533. The minimum Gasteiger partial charge on any atom is -0.391 e. The number of nitrogens with zero attached hydrogens (tertiary/aromatic N) is 3. The van der Waals surface area contributed by atoms with E-state index in [0.29, 0.717) is 33.8 Å². The molecule has 0 unspecified atom stereocenters. The highest BCUT2D eigenvalue weighted by Crippen LogP contribution is 2.33. The van der Waals surface area contributed by atoms with Crippen molar-refractivity contribution in [2.24, 2.45) is 0 Å². The Morgan fingerprint density at radius 3 is 2.45 bits per heavy atom. The van der Waals surface area contributed by atoms with Crippen LogP contribution in [0.25, 0.3) is 0 Å². The van der Waals surface area contributed by atoms with Crippen molar-refractivity contribution >= 4 is 68.8 Å². The average molecular weight is 497 g/mol. The predicted octanol–water partition coefficient (Wildman–Crippen LogP) is 5.29. The topological polar surface area (TPSA) is 73.7 Å². The van der Waals surface area contributed by atoms with Gasteiger partial charge in [0, 0.05) is 28.5 Å². The Bertz CT molecular complexity index is 1140. The van der Waals surface area contributed by atoms with Crippen LogP contribution in [0.3, 0.4) is 0 Å². The number of aromatic nitrogens is 1. The summed E-state index contributed by atoms with van der Waals surface area (Å²) in [5.41, 5.74) is 0.972. The zero-order valence-electron chi connectivity index (χ0n) is 16.0. The van der Waals surface area contributed by atoms with Gasteiger partial charge in [-0.05, 0) is 48.9 Å². The van der Waals surface area contributed by atoms with Gasteiger partial charge in [-0.3, -0.25) is 14.5 Å². The van der Waals surface area contributed by atoms with Crippen LogP contribution in [-0.4, -0.2) is 46.0 Å². The van der Waals surface area contributed by atoms with Crippen LogP contribution in [0.4, 0.5) is 10.8 Å². The van der Waals surface area contributed by atoms with E-state index in [0.717, 1.165) is 11.3 Å². The van der Waals surface area contributed by atoms with Crippen molar-refractivity contribution in [1.29, 1.82) is 0 Å². The van der Waals surface area contributed by atoms with Crippen molar-refractivity contribution in [1.82, 2.24) is 9.88 Å². The number of β-amino-alcohol motifs (C(OH)–C–C–N with tert-alkyl or cyclic N) is 1. The number of aliphatic hydroxyl groups excluding tert-OH is 1. The minimum absolute atomic E-state index is 0.204. The first-order chi connectivity index (χ1) is 14.8. The fourth-order valence-corrected chi connectivity index (χ4v) is 4.67. The molecule has 3 aromatic rings. The van der Waals surface area contributed by atoms with E-state index in [1.54, 1.807) is 46.7 Å². The molecule has 2 heterocycles. The number of carbonyl (C=O) groups excluding carboxylic acids is 2. The summed E-state index contributed by atoms with van der Waals surface area (Å²) in [7, 11) is 0. The number of hydrogen-bond donors (Lipinski definition) is 1. The average Bonchev–Trinajstić information content (AvgIpc) is 3.38. The van der Waals surface area contributed by atoms with Crippen LogP contribution in [0.2, 0.25) is 15.1 Å². The lowest BCUT2D eigenvalue weighted by atomic mass is 10.2. The molecule has 4 rings (SSSR count). The van der Waals surface area contributed by atoms with Crippen molar-refractivity contribution < 1.29 is 14.7 Å². The highest BCUT2D eigenvalue weighted by Gasteiger charge is 2.29. The molecule has 1 aliphatic heterocycles. The van der Waals surface area contributed by atoms with Crippen LogP contribution >= 0.6 is 46.1 Å². The molecule has 2 amide bonds. The molecule has 31 heavy (non-hydrogen) atoms. The number of thiazole rings is 1. The molecule has 1 saturated heterocycles. The Balaban J connectivity index is 1.71. The molecule has 160 valence electrons. The van der Waals surface area contributed by atoms with Gasteiger partial charge < -0.3 is 10.0 Å². The molecule has 6 nitrogen and oxygen atoms in total. The van der Waals surface area contributed by atoms with Crippen LogP contribution in [0.5, 0.6) is 0 Å². The van der Waals surface area contributed by atoms with Gasteiger partial charge in [0.2, 0.25) is 0 Å². The first kappa shape index (κ1) is 22.0. The van der Waals surface area contributed by atoms with Gasteiger partial charge in [-0.2, -0.15) is 0 Å². The summed E-state index contributed by atoms with van der Waals surface area (Å²) in [6.07, 6.45) is 0.00828. The third kappa shape index (κ3) is 4.71. The Hall–Kier alpha value is -2.16. The second-order valence-corrected chi connectivity index (χ2v) is 9.07. The van der Waals surface area contributed by atoms with E-state index in [1.807, 2.05) is 0 Å². The van der Waals surface area contributed by atoms with Gasteiger partial charge in [0.15, 0.2) is 5.13 Å². The Morgan fingerprint density at radius 2 is 1.81 bits per heavy atom. The van der Waals surface area contributed by atoms with E-state index in [4.69, 9.17) is 34.8 Å². The second-order valence-electron chi connectivity index (χ2n) is 6.95. The van der Waals surface area contributed by atoms with Gasteiger partial charge in [0.1, 0.15) is 5.69 Å². The molecule has 1 aliphatic rings. The number of rotatable bonds is 4. The monoisotopic (exact) mass is 495 g/mol. The SMILES string of the molecule is O=C(c1csc(N(C(=O)c2ccc(Cl)cc2Cl)c2ccc(Cl)cc2)n1)N1CC[C@@H](O)C1. The van der Waals surface area contributed by atoms with Crippen LogP contribution < -0.4 is 4.90 Å². The highest BCUT2D eigenvalue weighted by atomic mass is 35.5. The van der Waals surface area contributed by atoms with Gasteiger partial charge in [-0.1, -0.05) is 34.8 Å². The number of carbonyl (C=O) groups is 2. The van der Waals surface area contributed by atoms with Gasteiger partial charge in [0.05, 0.1) is 22.4 Å². The Kier molecular flexibility index (Phi) is 6.50. The van der Waals surface area contributed by atoms with Crippen LogP contribution in [0.15, 0.2) is 47.8 Å². The number of hydrogen-bond acceptors (Lipinski definition) is 5. The van der Waals surface area contributed by atoms with Gasteiger partial charge in [0.25, 0.3) is 11.8 Å². The van der Waals surface area contributed by atoms with Crippen molar-refractivity contribution in [2.75, 3.05) is 18.0 Å². The third-order valence-corrected chi connectivity index (χ3v) is 6.43. The molecule has 0 bridgehead atoms. The number of benzene rings is 2. The molecule has 2 aromatic carbocycles. The normalized spacial score (nSPS) is 15.9. The van der Waals surface area contributed by atoms with E-state index >= 15 is 0 Å². The lowest BCUT2D eigenvalue weighted by Gasteiger charge is -2.21. The third-order valence-electron chi connectivity index (χ3n) is 4.80. The minimum atomic E-state index is -0.527. The van der Waals surface area contributed by atoms with Gasteiger partial charge in [-0.25, -0.2) is 4.98 Å². The fourth-order valence-electron chi connectivity index (χ4n) is 3.24. The zero-order valence-corrected chi connectivity index (χ0v) is 19.0. The maximum Gasteiger partial charge on any atom is 0.273 e. The second kappa shape index (κ2) is 9.14. The summed E-state index contributed by atoms with van der Waals surface area (Å²) in [6.45, 7) is 0.735. The first-order valence-electron chi connectivity index (χ1n) is 9.31. The number of aliphatic hydroxyl groups is 1. The maximum absolute atomic E-state index is 13.4. The van der Waals surface area contributed by atoms with Gasteiger partial charge in [-0.15, -0.1) is 11.3 Å².